The maximum absolute atomic E-state index is 14.0. The van der Waals surface area contributed by atoms with E-state index in [9.17, 15) is 29.7 Å². The van der Waals surface area contributed by atoms with Crippen LogP contribution in [0, 0.1) is 34.0 Å². The molecule has 0 aromatic carbocycles. The van der Waals surface area contributed by atoms with Crippen molar-refractivity contribution in [3.8, 4) is 0 Å². The number of Topliss-reactive ketones (excluding diaryl/α,β-unsaturated/α-hetero) is 1. The molecule has 2 saturated heterocycles. The lowest BCUT2D eigenvalue weighted by Gasteiger charge is -2.54. The van der Waals surface area contributed by atoms with Crippen molar-refractivity contribution < 1.29 is 48.3 Å². The molecule has 3 N–H and O–H groups in total. The van der Waals surface area contributed by atoms with Gasteiger partial charge in [0.05, 0.1) is 37.6 Å². The van der Waals surface area contributed by atoms with Crippen molar-refractivity contribution in [2.24, 2.45) is 34.0 Å². The Morgan fingerprint density at radius 3 is 2.62 bits per heavy atom. The van der Waals surface area contributed by atoms with E-state index in [1.807, 2.05) is 6.92 Å². The number of ether oxygens (including phenoxy) is 3. The van der Waals surface area contributed by atoms with Gasteiger partial charge in [-0.2, -0.15) is 0 Å². The Hall–Kier alpha value is -2.27. The van der Waals surface area contributed by atoms with E-state index < -0.39 is 86.8 Å². The zero-order chi connectivity index (χ0) is 26.6. The molecular formula is C27H32O10. The molecule has 2 spiro atoms. The minimum Gasteiger partial charge on any atom is -0.472 e. The molecule has 37 heavy (non-hydrogen) atoms. The molecule has 2 bridgehead atoms. The Labute approximate surface area is 213 Å². The van der Waals surface area contributed by atoms with Crippen LogP contribution in [0.2, 0.25) is 0 Å². The number of aliphatic hydroxyl groups is 3. The van der Waals surface area contributed by atoms with Gasteiger partial charge in [0.25, 0.3) is 0 Å². The lowest BCUT2D eigenvalue weighted by atomic mass is 9.48. The van der Waals surface area contributed by atoms with Crippen LogP contribution in [0.25, 0.3) is 0 Å². The molecule has 3 heterocycles. The number of esters is 2. The molecule has 4 aliphatic carbocycles. The first-order valence-corrected chi connectivity index (χ1v) is 12.9. The minimum absolute atomic E-state index is 0.0107. The van der Waals surface area contributed by atoms with Gasteiger partial charge >= 0.3 is 11.9 Å². The third-order valence-electron chi connectivity index (χ3n) is 11.9. The van der Waals surface area contributed by atoms with Crippen LogP contribution in [0.4, 0.5) is 0 Å². The fraction of sp³-hybridized carbons (Fsp3) is 0.741. The van der Waals surface area contributed by atoms with E-state index >= 15 is 0 Å². The first-order chi connectivity index (χ1) is 17.3. The van der Waals surface area contributed by atoms with Crippen LogP contribution in [0.15, 0.2) is 23.0 Å². The Kier molecular flexibility index (Phi) is 4.17. The predicted molar refractivity (Wildman–Crippen MR) is 121 cm³/mol. The fourth-order valence-electron chi connectivity index (χ4n) is 10.6. The van der Waals surface area contributed by atoms with E-state index in [4.69, 9.17) is 18.6 Å². The van der Waals surface area contributed by atoms with Gasteiger partial charge in [0.2, 0.25) is 0 Å². The maximum Gasteiger partial charge on any atom is 0.335 e. The van der Waals surface area contributed by atoms with E-state index in [0.717, 1.165) is 0 Å². The monoisotopic (exact) mass is 516 g/mol. The summed E-state index contributed by atoms with van der Waals surface area (Å²) >= 11 is 0. The average molecular weight is 517 g/mol. The molecule has 6 fully saturated rings. The van der Waals surface area contributed by atoms with Crippen LogP contribution in [0.1, 0.15) is 58.1 Å². The molecule has 2 aliphatic heterocycles. The second kappa shape index (κ2) is 6.47. The highest BCUT2D eigenvalue weighted by Crippen LogP contribution is 2.88. The highest BCUT2D eigenvalue weighted by Gasteiger charge is 2.99. The van der Waals surface area contributed by atoms with E-state index in [2.05, 4.69) is 0 Å². The Bertz CT molecular complexity index is 1240. The fourth-order valence-corrected chi connectivity index (χ4v) is 10.6. The number of epoxide rings is 1. The Morgan fingerprint density at radius 2 is 1.97 bits per heavy atom. The highest BCUT2D eigenvalue weighted by molar-refractivity contribution is 5.93. The van der Waals surface area contributed by atoms with Gasteiger partial charge in [-0.1, -0.05) is 20.8 Å². The quantitative estimate of drug-likeness (QED) is 0.392. The summed E-state index contributed by atoms with van der Waals surface area (Å²) in [5.74, 6) is -4.48. The largest absolute Gasteiger partial charge is 0.472 e. The molecule has 0 unspecified atom stereocenters. The molecule has 4 saturated carbocycles. The number of ketones is 1. The lowest BCUT2D eigenvalue weighted by molar-refractivity contribution is -0.185. The van der Waals surface area contributed by atoms with E-state index in [-0.39, 0.29) is 12.8 Å². The second-order valence-corrected chi connectivity index (χ2v) is 12.9. The third-order valence-corrected chi connectivity index (χ3v) is 11.9. The first-order valence-electron chi connectivity index (χ1n) is 12.9. The summed E-state index contributed by atoms with van der Waals surface area (Å²) in [5, 5.41) is 35.2. The number of methoxy groups -OCH3 is 1. The molecule has 200 valence electrons. The van der Waals surface area contributed by atoms with Gasteiger partial charge in [-0.15, -0.1) is 0 Å². The molecule has 6 aliphatic rings. The van der Waals surface area contributed by atoms with E-state index in [0.29, 0.717) is 18.4 Å². The summed E-state index contributed by atoms with van der Waals surface area (Å²) < 4.78 is 22.7. The molecule has 1 aromatic heterocycles. The standard InChI is InChI=1S/C27H32O10/c1-22-11-25(33)18(15(29)19(22)31)27-13(24(25,3)17(22)16(30)21(32)34-4)5-7-23(2)20(12-6-8-35-10-12)36-14(28)9-26(23,27)37-27/h6,8,10,13,16-20,30-31,33H,5,7,9,11H2,1-4H3/t13-,16+,17+,18-,19-,20+,22-,23+,24-,25+,26+,27+/m1/s1. The van der Waals surface area contributed by atoms with Gasteiger partial charge in [0.1, 0.15) is 23.4 Å². The summed E-state index contributed by atoms with van der Waals surface area (Å²) in [6.45, 7) is 5.44. The molecular weight excluding hydrogens is 484 g/mol. The summed E-state index contributed by atoms with van der Waals surface area (Å²) in [5.41, 5.74) is -6.52. The number of carbonyl (C=O) groups excluding carboxylic acids is 3. The molecule has 10 heteroatoms. The van der Waals surface area contributed by atoms with Crippen LogP contribution in [-0.4, -0.2) is 69.2 Å². The molecule has 1 aromatic rings. The summed E-state index contributed by atoms with van der Waals surface area (Å²) in [7, 11) is 1.17. The van der Waals surface area contributed by atoms with Crippen LogP contribution in [0.3, 0.4) is 0 Å². The normalized spacial score (nSPS) is 55.6. The molecule has 0 amide bonds. The lowest BCUT2D eigenvalue weighted by Crippen LogP contribution is -2.64. The van der Waals surface area contributed by atoms with Crippen molar-refractivity contribution in [3.05, 3.63) is 24.2 Å². The number of hydrogen-bond acceptors (Lipinski definition) is 10. The Balaban J connectivity index is 1.45. The van der Waals surface area contributed by atoms with Crippen molar-refractivity contribution in [2.45, 2.75) is 81.6 Å². The summed E-state index contributed by atoms with van der Waals surface area (Å²) in [4.78, 5) is 39.8. The number of rotatable bonds is 3. The average Bonchev–Trinajstić information content (AvgIpc) is 3.11. The number of fused-ring (bicyclic) bond motifs is 2. The highest BCUT2D eigenvalue weighted by atomic mass is 16.7. The molecule has 0 radical (unpaired) electrons. The molecule has 12 atom stereocenters. The predicted octanol–water partition coefficient (Wildman–Crippen LogP) is 1.06. The van der Waals surface area contributed by atoms with Gasteiger partial charge in [-0.05, 0) is 25.3 Å². The maximum atomic E-state index is 14.0. The van der Waals surface area contributed by atoms with Crippen LogP contribution in [-0.2, 0) is 28.6 Å². The number of furan rings is 1. The topological polar surface area (TPSA) is 156 Å². The van der Waals surface area contributed by atoms with Gasteiger partial charge in [-0.25, -0.2) is 4.79 Å². The van der Waals surface area contributed by atoms with Crippen molar-refractivity contribution >= 4 is 17.7 Å². The zero-order valence-electron chi connectivity index (χ0n) is 21.2. The van der Waals surface area contributed by atoms with Crippen LogP contribution >= 0.6 is 0 Å². The third kappa shape index (κ3) is 2.11. The summed E-state index contributed by atoms with van der Waals surface area (Å²) in [6, 6.07) is 1.74. The number of hydrogen-bond donors (Lipinski definition) is 3. The molecule has 7 rings (SSSR count). The van der Waals surface area contributed by atoms with E-state index in [1.54, 1.807) is 19.9 Å². The smallest absolute Gasteiger partial charge is 0.335 e. The van der Waals surface area contributed by atoms with Crippen molar-refractivity contribution in [3.63, 3.8) is 0 Å². The number of cyclic esters (lactones) is 1. The first kappa shape index (κ1) is 23.8. The van der Waals surface area contributed by atoms with Gasteiger partial charge in [0, 0.05) is 33.6 Å². The van der Waals surface area contributed by atoms with Gasteiger partial charge in [0.15, 0.2) is 11.9 Å². The number of carbonyl (C=O) groups is 3. The SMILES string of the molecule is COC(=O)[C@@H](O)[C@H]1[C@@]2(C)C[C@]3(O)[C@@H](C(=O)[C@H]2O)[C@]24O[C@]25CC(=O)O[C@@H](c2ccoc2)[C@]5(C)CC[C@@H]4[C@]13C. The second-order valence-electron chi connectivity index (χ2n) is 12.9. The minimum atomic E-state index is -1.66. The van der Waals surface area contributed by atoms with Gasteiger partial charge in [-0.3, -0.25) is 9.59 Å². The van der Waals surface area contributed by atoms with Crippen LogP contribution < -0.4 is 0 Å². The number of aliphatic hydroxyl groups excluding tert-OH is 2. The zero-order valence-corrected chi connectivity index (χ0v) is 21.2. The van der Waals surface area contributed by atoms with Crippen LogP contribution in [0.5, 0.6) is 0 Å². The molecule has 10 nitrogen and oxygen atoms in total. The van der Waals surface area contributed by atoms with Gasteiger partial charge < -0.3 is 33.9 Å². The van der Waals surface area contributed by atoms with Crippen molar-refractivity contribution in [1.82, 2.24) is 0 Å². The van der Waals surface area contributed by atoms with E-state index in [1.165, 1.54) is 19.6 Å². The van der Waals surface area contributed by atoms with Crippen molar-refractivity contribution in [2.75, 3.05) is 7.11 Å². The Morgan fingerprint density at radius 1 is 1.24 bits per heavy atom. The summed E-state index contributed by atoms with van der Waals surface area (Å²) in [6.07, 6.45) is 0.133. The van der Waals surface area contributed by atoms with Crippen molar-refractivity contribution in [1.29, 1.82) is 0 Å².